The maximum atomic E-state index is 4.52. The molecule has 0 spiro atoms. The van der Waals surface area contributed by atoms with E-state index in [0.29, 0.717) is 0 Å². The Kier molecular flexibility index (Phi) is 6.97. The monoisotopic (exact) mass is 466 g/mol. The number of benzene rings is 3. The highest BCUT2D eigenvalue weighted by Gasteiger charge is 2.47. The highest BCUT2D eigenvalue weighted by molar-refractivity contribution is 5.74. The Hall–Kier alpha value is -2.84. The maximum absolute atomic E-state index is 4.52. The molecule has 0 atom stereocenters. The van der Waals surface area contributed by atoms with Crippen molar-refractivity contribution >= 4 is 5.69 Å². The summed E-state index contributed by atoms with van der Waals surface area (Å²) in [7, 11) is 4.25. The summed E-state index contributed by atoms with van der Waals surface area (Å²) in [5, 5.41) is 3.71. The number of rotatable bonds is 8. The summed E-state index contributed by atoms with van der Waals surface area (Å²) in [5.41, 5.74) is 11.7. The second-order valence-electron chi connectivity index (χ2n) is 11.7. The quantitative estimate of drug-likeness (QED) is 0.361. The van der Waals surface area contributed by atoms with Crippen LogP contribution in [0.4, 0.5) is 5.69 Å². The van der Waals surface area contributed by atoms with Crippen LogP contribution < -0.4 is 5.32 Å². The molecule has 0 unspecified atom stereocenters. The molecular weight excluding hydrogens is 424 g/mol. The first-order valence-electron chi connectivity index (χ1n) is 12.9. The minimum atomic E-state index is 0.0510. The second-order valence-corrected chi connectivity index (χ2v) is 11.7. The summed E-state index contributed by atoms with van der Waals surface area (Å²) in [6.45, 7) is 16.8. The first-order chi connectivity index (χ1) is 16.5. The summed E-state index contributed by atoms with van der Waals surface area (Å²) in [6, 6.07) is 22.8. The molecule has 4 rings (SSSR count). The van der Waals surface area contributed by atoms with Crippen molar-refractivity contribution in [3.05, 3.63) is 101 Å². The standard InChI is InChI=1S/C33H42N2/c1-23-9-14-28(21-24(23)2)33(18-19-33)25(3)34-29-15-16-31(32(4,5)6)30(22-29)27-12-10-26(11-13-27)17-20-35(7)8/h9-16,21-22,34H,3,17-20H2,1-2,4-8H3. The number of hydrogen-bond donors (Lipinski definition) is 1. The zero-order valence-electron chi connectivity index (χ0n) is 22.8. The van der Waals surface area contributed by atoms with E-state index < -0.39 is 0 Å². The van der Waals surface area contributed by atoms with Crippen LogP contribution in [0.3, 0.4) is 0 Å². The van der Waals surface area contributed by atoms with Crippen LogP contribution in [0.5, 0.6) is 0 Å². The van der Waals surface area contributed by atoms with Gasteiger partial charge in [0.05, 0.1) is 0 Å². The third-order valence-corrected chi connectivity index (χ3v) is 7.62. The molecule has 1 aliphatic rings. The normalized spacial score (nSPS) is 14.7. The van der Waals surface area contributed by atoms with Crippen LogP contribution in [-0.4, -0.2) is 25.5 Å². The Balaban J connectivity index is 1.62. The Morgan fingerprint density at radius 3 is 2.17 bits per heavy atom. The molecule has 0 aromatic heterocycles. The lowest BCUT2D eigenvalue weighted by Crippen LogP contribution is -2.17. The molecule has 0 bridgehead atoms. The van der Waals surface area contributed by atoms with Crippen LogP contribution in [0, 0.1) is 13.8 Å². The second kappa shape index (κ2) is 9.66. The van der Waals surface area contributed by atoms with Crippen molar-refractivity contribution in [1.82, 2.24) is 4.90 Å². The van der Waals surface area contributed by atoms with Crippen LogP contribution in [0.15, 0.2) is 72.9 Å². The third kappa shape index (κ3) is 5.54. The zero-order valence-corrected chi connectivity index (χ0v) is 22.8. The van der Waals surface area contributed by atoms with Crippen molar-refractivity contribution < 1.29 is 0 Å². The van der Waals surface area contributed by atoms with Gasteiger partial charge >= 0.3 is 0 Å². The highest BCUT2D eigenvalue weighted by atomic mass is 15.0. The van der Waals surface area contributed by atoms with Crippen molar-refractivity contribution in [2.24, 2.45) is 0 Å². The van der Waals surface area contributed by atoms with Crippen LogP contribution in [0.1, 0.15) is 61.4 Å². The van der Waals surface area contributed by atoms with Crippen molar-refractivity contribution in [3.8, 4) is 11.1 Å². The number of nitrogens with zero attached hydrogens (tertiary/aromatic N) is 1. The SMILES string of the molecule is C=C(Nc1ccc(C(C)(C)C)c(-c2ccc(CCN(C)C)cc2)c1)C1(c2ccc(C)c(C)c2)CC1. The van der Waals surface area contributed by atoms with Crippen molar-refractivity contribution in [3.63, 3.8) is 0 Å². The van der Waals surface area contributed by atoms with E-state index in [1.54, 1.807) is 0 Å². The summed E-state index contributed by atoms with van der Waals surface area (Å²) >= 11 is 0. The van der Waals surface area contributed by atoms with Crippen LogP contribution >= 0.6 is 0 Å². The molecule has 0 heterocycles. The molecule has 0 aliphatic heterocycles. The fourth-order valence-corrected chi connectivity index (χ4v) is 4.94. The predicted molar refractivity (Wildman–Crippen MR) is 152 cm³/mol. The van der Waals surface area contributed by atoms with Gasteiger partial charge in [-0.1, -0.05) is 75.9 Å². The van der Waals surface area contributed by atoms with Gasteiger partial charge in [0, 0.05) is 23.3 Å². The van der Waals surface area contributed by atoms with E-state index in [9.17, 15) is 0 Å². The average Bonchev–Trinajstić information content (AvgIpc) is 3.61. The van der Waals surface area contributed by atoms with Crippen LogP contribution in [0.2, 0.25) is 0 Å². The van der Waals surface area contributed by atoms with Gasteiger partial charge in [-0.05, 0) is 104 Å². The van der Waals surface area contributed by atoms with E-state index in [1.165, 1.54) is 38.9 Å². The molecule has 3 aromatic carbocycles. The van der Waals surface area contributed by atoms with Crippen molar-refractivity contribution in [2.45, 2.75) is 64.7 Å². The summed E-state index contributed by atoms with van der Waals surface area (Å²) < 4.78 is 0. The maximum Gasteiger partial charge on any atom is 0.0388 e. The van der Waals surface area contributed by atoms with Gasteiger partial charge in [-0.3, -0.25) is 0 Å². The third-order valence-electron chi connectivity index (χ3n) is 7.62. The van der Waals surface area contributed by atoms with E-state index in [4.69, 9.17) is 0 Å². The molecule has 1 saturated carbocycles. The Labute approximate surface area is 213 Å². The van der Waals surface area contributed by atoms with E-state index in [0.717, 1.165) is 37.2 Å². The minimum Gasteiger partial charge on any atom is -0.359 e. The number of allylic oxidation sites excluding steroid dienone is 1. The Morgan fingerprint density at radius 2 is 1.60 bits per heavy atom. The Bertz CT molecular complexity index is 1200. The highest BCUT2D eigenvalue weighted by Crippen LogP contribution is 2.53. The number of aryl methyl sites for hydroxylation is 2. The van der Waals surface area contributed by atoms with E-state index in [2.05, 4.69) is 126 Å². The molecule has 1 N–H and O–H groups in total. The molecular formula is C33H42N2. The van der Waals surface area contributed by atoms with Crippen LogP contribution in [0.25, 0.3) is 11.1 Å². The topological polar surface area (TPSA) is 15.3 Å². The Morgan fingerprint density at radius 1 is 0.914 bits per heavy atom. The number of anilines is 1. The lowest BCUT2D eigenvalue weighted by Gasteiger charge is -2.26. The van der Waals surface area contributed by atoms with Crippen molar-refractivity contribution in [2.75, 3.05) is 26.0 Å². The molecule has 2 heteroatoms. The molecule has 0 saturated heterocycles. The number of hydrogen-bond acceptors (Lipinski definition) is 2. The first kappa shape index (κ1) is 25.3. The summed E-state index contributed by atoms with van der Waals surface area (Å²) in [6.07, 6.45) is 3.38. The minimum absolute atomic E-state index is 0.0510. The molecule has 1 fully saturated rings. The van der Waals surface area contributed by atoms with E-state index >= 15 is 0 Å². The van der Waals surface area contributed by atoms with Crippen LogP contribution in [-0.2, 0) is 17.3 Å². The smallest absolute Gasteiger partial charge is 0.0388 e. The lowest BCUT2D eigenvalue weighted by atomic mass is 9.81. The summed E-state index contributed by atoms with van der Waals surface area (Å²) in [5.74, 6) is 0. The van der Waals surface area contributed by atoms with Gasteiger partial charge in [0.15, 0.2) is 0 Å². The van der Waals surface area contributed by atoms with Gasteiger partial charge in [0.25, 0.3) is 0 Å². The summed E-state index contributed by atoms with van der Waals surface area (Å²) in [4.78, 5) is 2.23. The van der Waals surface area contributed by atoms with E-state index in [1.807, 2.05) is 0 Å². The van der Waals surface area contributed by atoms with Crippen molar-refractivity contribution in [1.29, 1.82) is 0 Å². The van der Waals surface area contributed by atoms with Gasteiger partial charge in [0.1, 0.15) is 0 Å². The molecule has 184 valence electrons. The zero-order chi connectivity index (χ0) is 25.4. The van der Waals surface area contributed by atoms with Gasteiger partial charge in [-0.25, -0.2) is 0 Å². The molecule has 0 amide bonds. The number of nitrogens with one attached hydrogen (secondary N) is 1. The fourth-order valence-electron chi connectivity index (χ4n) is 4.94. The predicted octanol–water partition coefficient (Wildman–Crippen LogP) is 8.03. The lowest BCUT2D eigenvalue weighted by molar-refractivity contribution is 0.413. The number of likely N-dealkylation sites (N-methyl/N-ethyl adjacent to an activating group) is 1. The van der Waals surface area contributed by atoms with Gasteiger partial charge in [-0.2, -0.15) is 0 Å². The molecule has 2 nitrogen and oxygen atoms in total. The van der Waals surface area contributed by atoms with E-state index in [-0.39, 0.29) is 10.8 Å². The molecule has 1 aliphatic carbocycles. The largest absolute Gasteiger partial charge is 0.359 e. The average molecular weight is 467 g/mol. The molecule has 3 aromatic rings. The van der Waals surface area contributed by atoms with Gasteiger partial charge < -0.3 is 10.2 Å². The van der Waals surface area contributed by atoms with Gasteiger partial charge in [0.2, 0.25) is 0 Å². The first-order valence-corrected chi connectivity index (χ1v) is 12.9. The van der Waals surface area contributed by atoms with Gasteiger partial charge in [-0.15, -0.1) is 0 Å². The molecule has 35 heavy (non-hydrogen) atoms. The fraction of sp³-hybridized carbons (Fsp3) is 0.394. The molecule has 0 radical (unpaired) electrons.